The molecule has 226 valence electrons. The van der Waals surface area contributed by atoms with E-state index < -0.39 is 0 Å². The molecule has 0 saturated heterocycles. The molecular formula is C37H66O2. The van der Waals surface area contributed by atoms with Gasteiger partial charge >= 0.3 is 0 Å². The van der Waals surface area contributed by atoms with Crippen LogP contribution in [-0.2, 0) is 0 Å². The normalized spacial score (nSPS) is 44.6. The van der Waals surface area contributed by atoms with Gasteiger partial charge in [-0.3, -0.25) is 0 Å². The molecule has 2 N–H and O–H groups in total. The summed E-state index contributed by atoms with van der Waals surface area (Å²) in [6.07, 6.45) is 20.7. The fraction of sp³-hybridized carbons (Fsp3) is 0.946. The molecule has 0 aromatic rings. The maximum absolute atomic E-state index is 10.2. The van der Waals surface area contributed by atoms with Crippen LogP contribution in [0.3, 0.4) is 0 Å². The van der Waals surface area contributed by atoms with Crippen molar-refractivity contribution in [3.8, 4) is 0 Å². The Bertz CT molecular complexity index is 814. The summed E-state index contributed by atoms with van der Waals surface area (Å²) >= 11 is 0. The van der Waals surface area contributed by atoms with E-state index in [0.717, 1.165) is 60.7 Å². The molecule has 0 heterocycles. The Morgan fingerprint density at radius 3 is 2.28 bits per heavy atom. The van der Waals surface area contributed by atoms with E-state index in [2.05, 4.69) is 61.5 Å². The molecule has 5 aliphatic rings. The van der Waals surface area contributed by atoms with E-state index in [1.807, 2.05) is 0 Å². The van der Waals surface area contributed by atoms with Crippen molar-refractivity contribution in [3.05, 3.63) is 11.6 Å². The largest absolute Gasteiger partial charge is 0.393 e. The number of hydrogen-bond acceptors (Lipinski definition) is 2. The lowest BCUT2D eigenvalue weighted by Crippen LogP contribution is -2.50. The molecule has 4 saturated carbocycles. The predicted molar refractivity (Wildman–Crippen MR) is 166 cm³/mol. The van der Waals surface area contributed by atoms with Crippen molar-refractivity contribution in [1.82, 2.24) is 0 Å². The SMILES string of the molecule is CC(C)CCC[C@@H](C)[C@H]1CC[C@H]2[C@@H]3CC=C4C[C@@H](O)CC[C@]4(C)[C@H]3CC[C@]12C.CC1CCC(C(C)C)C(O)C1. The average molecular weight is 543 g/mol. The van der Waals surface area contributed by atoms with Crippen molar-refractivity contribution < 1.29 is 10.2 Å². The van der Waals surface area contributed by atoms with Gasteiger partial charge in [-0.15, -0.1) is 0 Å². The van der Waals surface area contributed by atoms with E-state index in [-0.39, 0.29) is 12.2 Å². The molecular weight excluding hydrogens is 476 g/mol. The van der Waals surface area contributed by atoms with E-state index >= 15 is 0 Å². The molecule has 0 amide bonds. The zero-order valence-electron chi connectivity index (χ0n) is 27.2. The summed E-state index contributed by atoms with van der Waals surface area (Å²) in [5.41, 5.74) is 2.60. The molecule has 39 heavy (non-hydrogen) atoms. The maximum Gasteiger partial charge on any atom is 0.0577 e. The standard InChI is InChI=1S/C27H46O.C10H20O/c1-18(2)7-6-8-19(3)23-11-12-24-22-10-9-20-17-21(28)13-15-26(20,4)25(22)14-16-27(23,24)5;1-7(2)9-5-4-8(3)6-10(9)11/h9,18-19,21-25,28H,6-8,10-17H2,1-5H3;7-11H,4-6H2,1-3H3/t19-,21+,22+,23-,24+,25+,26+,27-;/m1./s1. The highest BCUT2D eigenvalue weighted by molar-refractivity contribution is 5.25. The van der Waals surface area contributed by atoms with Crippen LogP contribution in [0.25, 0.3) is 0 Å². The molecule has 0 radical (unpaired) electrons. The Hall–Kier alpha value is -0.340. The Morgan fingerprint density at radius 2 is 1.62 bits per heavy atom. The van der Waals surface area contributed by atoms with Gasteiger partial charge in [0.1, 0.15) is 0 Å². The lowest BCUT2D eigenvalue weighted by molar-refractivity contribution is -0.0573. The van der Waals surface area contributed by atoms with Crippen molar-refractivity contribution in [3.63, 3.8) is 0 Å². The number of aliphatic hydroxyl groups excluding tert-OH is 2. The minimum absolute atomic E-state index is 0.0289. The second-order valence-electron chi connectivity index (χ2n) is 16.6. The van der Waals surface area contributed by atoms with Gasteiger partial charge in [-0.25, -0.2) is 0 Å². The van der Waals surface area contributed by atoms with Gasteiger partial charge in [-0.1, -0.05) is 92.7 Å². The van der Waals surface area contributed by atoms with E-state index in [9.17, 15) is 10.2 Å². The molecule has 4 fully saturated rings. The van der Waals surface area contributed by atoms with Gasteiger partial charge in [-0.2, -0.15) is 0 Å². The Morgan fingerprint density at radius 1 is 0.872 bits per heavy atom. The minimum atomic E-state index is -0.0766. The first-order chi connectivity index (χ1) is 18.4. The van der Waals surface area contributed by atoms with E-state index in [4.69, 9.17) is 0 Å². The van der Waals surface area contributed by atoms with Gasteiger partial charge in [0, 0.05) is 0 Å². The third-order valence-corrected chi connectivity index (χ3v) is 13.3. The van der Waals surface area contributed by atoms with Crippen molar-refractivity contribution in [2.24, 2.45) is 64.1 Å². The molecule has 0 spiro atoms. The van der Waals surface area contributed by atoms with Crippen LogP contribution in [0, 0.1) is 64.1 Å². The minimum Gasteiger partial charge on any atom is -0.393 e. The second-order valence-corrected chi connectivity index (χ2v) is 16.6. The Kier molecular flexibility index (Phi) is 10.4. The van der Waals surface area contributed by atoms with Crippen molar-refractivity contribution in [2.45, 2.75) is 157 Å². The summed E-state index contributed by atoms with van der Waals surface area (Å²) in [7, 11) is 0. The molecule has 0 bridgehead atoms. The van der Waals surface area contributed by atoms with Gasteiger partial charge in [-0.05, 0) is 128 Å². The van der Waals surface area contributed by atoms with Gasteiger partial charge < -0.3 is 10.2 Å². The molecule has 2 nitrogen and oxygen atoms in total. The number of aliphatic hydroxyl groups is 2. The van der Waals surface area contributed by atoms with Crippen molar-refractivity contribution in [1.29, 1.82) is 0 Å². The van der Waals surface area contributed by atoms with Crippen LogP contribution in [0.15, 0.2) is 11.6 Å². The fourth-order valence-corrected chi connectivity index (χ4v) is 10.8. The monoisotopic (exact) mass is 543 g/mol. The highest BCUT2D eigenvalue weighted by Crippen LogP contribution is 2.67. The molecule has 0 aliphatic heterocycles. The lowest BCUT2D eigenvalue weighted by Gasteiger charge is -2.58. The van der Waals surface area contributed by atoms with Crippen LogP contribution >= 0.6 is 0 Å². The molecule has 0 aromatic carbocycles. The fourth-order valence-electron chi connectivity index (χ4n) is 10.8. The van der Waals surface area contributed by atoms with E-state index in [1.54, 1.807) is 5.57 Å². The zero-order valence-corrected chi connectivity index (χ0v) is 27.2. The molecule has 3 unspecified atom stereocenters. The highest BCUT2D eigenvalue weighted by Gasteiger charge is 2.59. The number of rotatable bonds is 6. The summed E-state index contributed by atoms with van der Waals surface area (Å²) in [5.74, 6) is 7.41. The number of hydrogen-bond donors (Lipinski definition) is 2. The molecule has 5 aliphatic carbocycles. The first kappa shape index (κ1) is 31.6. The summed E-state index contributed by atoms with van der Waals surface area (Å²) < 4.78 is 0. The molecule has 0 aromatic heterocycles. The highest BCUT2D eigenvalue weighted by atomic mass is 16.3. The topological polar surface area (TPSA) is 40.5 Å². The van der Waals surface area contributed by atoms with E-state index in [0.29, 0.717) is 22.7 Å². The lowest BCUT2D eigenvalue weighted by atomic mass is 9.47. The van der Waals surface area contributed by atoms with Gasteiger partial charge in [0.05, 0.1) is 12.2 Å². The van der Waals surface area contributed by atoms with Crippen LogP contribution < -0.4 is 0 Å². The van der Waals surface area contributed by atoms with Crippen molar-refractivity contribution >= 4 is 0 Å². The molecule has 11 atom stereocenters. The Labute approximate surface area is 243 Å². The summed E-state index contributed by atoms with van der Waals surface area (Å²) in [6, 6.07) is 0. The summed E-state index contributed by atoms with van der Waals surface area (Å²) in [6.45, 7) is 19.2. The third kappa shape index (κ3) is 6.68. The van der Waals surface area contributed by atoms with Crippen LogP contribution in [0.2, 0.25) is 0 Å². The number of fused-ring (bicyclic) bond motifs is 5. The first-order valence-corrected chi connectivity index (χ1v) is 17.4. The Balaban J connectivity index is 0.000000270. The van der Waals surface area contributed by atoms with Gasteiger partial charge in [0.25, 0.3) is 0 Å². The molecule has 5 rings (SSSR count). The third-order valence-electron chi connectivity index (χ3n) is 13.3. The van der Waals surface area contributed by atoms with Crippen molar-refractivity contribution in [2.75, 3.05) is 0 Å². The van der Waals surface area contributed by atoms with Crippen LogP contribution in [0.5, 0.6) is 0 Å². The average Bonchev–Trinajstić information content (AvgIpc) is 3.21. The van der Waals surface area contributed by atoms with Gasteiger partial charge in [0.15, 0.2) is 0 Å². The zero-order chi connectivity index (χ0) is 28.5. The van der Waals surface area contributed by atoms with E-state index in [1.165, 1.54) is 70.6 Å². The maximum atomic E-state index is 10.2. The summed E-state index contributed by atoms with van der Waals surface area (Å²) in [4.78, 5) is 0. The predicted octanol–water partition coefficient (Wildman–Crippen LogP) is 9.83. The van der Waals surface area contributed by atoms with Gasteiger partial charge in [0.2, 0.25) is 0 Å². The quantitative estimate of drug-likeness (QED) is 0.328. The molecule has 2 heteroatoms. The van der Waals surface area contributed by atoms with Crippen LogP contribution in [0.1, 0.15) is 145 Å². The van der Waals surface area contributed by atoms with Crippen LogP contribution in [0.4, 0.5) is 0 Å². The first-order valence-electron chi connectivity index (χ1n) is 17.4. The second kappa shape index (κ2) is 12.9. The smallest absolute Gasteiger partial charge is 0.0577 e. The number of allylic oxidation sites excluding steroid dienone is 1. The van der Waals surface area contributed by atoms with Crippen LogP contribution in [-0.4, -0.2) is 22.4 Å². The summed E-state index contributed by atoms with van der Waals surface area (Å²) in [5, 5.41) is 19.9.